The van der Waals surface area contributed by atoms with Crippen LogP contribution in [0.2, 0.25) is 5.02 Å². The van der Waals surface area contributed by atoms with Gasteiger partial charge in [-0.15, -0.1) is 5.11 Å². The summed E-state index contributed by atoms with van der Waals surface area (Å²) in [5.41, 5.74) is 0.618. The Kier molecular flexibility index (Phi) is 3.54. The normalized spacial score (nSPS) is 10.5. The summed E-state index contributed by atoms with van der Waals surface area (Å²) in [7, 11) is 0. The second kappa shape index (κ2) is 4.72. The Labute approximate surface area is 76.0 Å². The Morgan fingerprint density at radius 2 is 2.17 bits per heavy atom. The van der Waals surface area contributed by atoms with Gasteiger partial charge in [-0.2, -0.15) is 0 Å². The van der Waals surface area contributed by atoms with Gasteiger partial charge >= 0.3 is 0 Å². The predicted octanol–water partition coefficient (Wildman–Crippen LogP) is 3.38. The van der Waals surface area contributed by atoms with Gasteiger partial charge < -0.3 is 4.84 Å². The van der Waals surface area contributed by atoms with E-state index < -0.39 is 0 Å². The molecule has 0 bridgehead atoms. The second-order valence-corrected chi connectivity index (χ2v) is 2.46. The fraction of sp³-hybridized carbons (Fsp3) is 0.250. The summed E-state index contributed by atoms with van der Waals surface area (Å²) in [5, 5.41) is 7.80. The lowest BCUT2D eigenvalue weighted by molar-refractivity contribution is 0.139. The van der Waals surface area contributed by atoms with Crippen LogP contribution < -0.4 is 0 Å². The van der Waals surface area contributed by atoms with Crippen molar-refractivity contribution in [3.8, 4) is 0 Å². The highest BCUT2D eigenvalue weighted by atomic mass is 35.5. The maximum absolute atomic E-state index is 5.79. The van der Waals surface area contributed by atoms with Gasteiger partial charge in [0.2, 0.25) is 0 Å². The predicted molar refractivity (Wildman–Crippen MR) is 47.6 cm³/mol. The van der Waals surface area contributed by atoms with Gasteiger partial charge in [-0.05, 0) is 19.1 Å². The molecule has 0 fully saturated rings. The van der Waals surface area contributed by atoms with Crippen molar-refractivity contribution in [2.24, 2.45) is 10.4 Å². The van der Waals surface area contributed by atoms with E-state index in [4.69, 9.17) is 16.4 Å². The van der Waals surface area contributed by atoms with Crippen LogP contribution >= 0.6 is 11.6 Å². The average Bonchev–Trinajstić information content (AvgIpc) is 2.09. The van der Waals surface area contributed by atoms with Crippen LogP contribution in [-0.4, -0.2) is 6.61 Å². The molecule has 1 aromatic rings. The molecule has 0 aromatic heterocycles. The Bertz CT molecular complexity index is 276. The lowest BCUT2D eigenvalue weighted by Crippen LogP contribution is -1.75. The van der Waals surface area contributed by atoms with Crippen molar-refractivity contribution < 1.29 is 4.84 Å². The number of nitrogens with zero attached hydrogens (tertiary/aromatic N) is 2. The molecule has 64 valence electrons. The van der Waals surface area contributed by atoms with Gasteiger partial charge in [0.05, 0.1) is 5.02 Å². The molecule has 0 radical (unpaired) electrons. The topological polar surface area (TPSA) is 34.0 Å². The number of halogens is 1. The number of hydrogen-bond acceptors (Lipinski definition) is 3. The molecule has 0 N–H and O–H groups in total. The third-order valence-corrected chi connectivity index (χ3v) is 1.51. The molecule has 4 heteroatoms. The molecular weight excluding hydrogens is 176 g/mol. The van der Waals surface area contributed by atoms with Gasteiger partial charge in [0.25, 0.3) is 0 Å². The van der Waals surface area contributed by atoms with Crippen molar-refractivity contribution in [1.29, 1.82) is 0 Å². The summed E-state index contributed by atoms with van der Waals surface area (Å²) < 4.78 is 0. The molecular formula is C8H9ClN2O. The summed E-state index contributed by atoms with van der Waals surface area (Å²) in [4.78, 5) is 4.69. The molecule has 0 saturated carbocycles. The molecule has 1 rings (SSSR count). The third-order valence-electron chi connectivity index (χ3n) is 1.19. The summed E-state index contributed by atoms with van der Waals surface area (Å²) in [6.07, 6.45) is 0. The highest BCUT2D eigenvalue weighted by molar-refractivity contribution is 6.32. The van der Waals surface area contributed by atoms with Crippen LogP contribution in [-0.2, 0) is 4.84 Å². The fourth-order valence-corrected chi connectivity index (χ4v) is 0.837. The Balaban J connectivity index is 2.68. The van der Waals surface area contributed by atoms with E-state index in [1.54, 1.807) is 12.1 Å². The minimum Gasteiger partial charge on any atom is -0.380 e. The first-order valence-electron chi connectivity index (χ1n) is 3.62. The summed E-state index contributed by atoms with van der Waals surface area (Å²) in [6.45, 7) is 2.35. The second-order valence-electron chi connectivity index (χ2n) is 2.05. The van der Waals surface area contributed by atoms with Gasteiger partial charge in [0, 0.05) is 5.28 Å². The van der Waals surface area contributed by atoms with Crippen molar-refractivity contribution in [2.45, 2.75) is 6.92 Å². The van der Waals surface area contributed by atoms with E-state index >= 15 is 0 Å². The van der Waals surface area contributed by atoms with Crippen molar-refractivity contribution in [3.05, 3.63) is 29.3 Å². The standard InChI is InChI=1S/C8H9ClN2O/c1-2-12-11-10-8-6-4-3-5-7(8)9/h3-6H,2H2,1H3. The van der Waals surface area contributed by atoms with Crippen LogP contribution in [0.5, 0.6) is 0 Å². The van der Waals surface area contributed by atoms with Crippen LogP contribution in [0, 0.1) is 0 Å². The Morgan fingerprint density at radius 1 is 1.42 bits per heavy atom. The zero-order chi connectivity index (χ0) is 8.81. The summed E-state index contributed by atoms with van der Waals surface area (Å²) in [5.74, 6) is 0. The minimum atomic E-state index is 0.508. The first-order chi connectivity index (χ1) is 5.84. The average molecular weight is 185 g/mol. The van der Waals surface area contributed by atoms with Crippen LogP contribution in [0.25, 0.3) is 0 Å². The van der Waals surface area contributed by atoms with Crippen molar-refractivity contribution >= 4 is 17.3 Å². The summed E-state index contributed by atoms with van der Waals surface area (Å²) in [6, 6.07) is 7.20. The van der Waals surface area contributed by atoms with E-state index in [0.29, 0.717) is 17.3 Å². The van der Waals surface area contributed by atoms with E-state index in [2.05, 4.69) is 10.4 Å². The van der Waals surface area contributed by atoms with Crippen LogP contribution in [0.3, 0.4) is 0 Å². The van der Waals surface area contributed by atoms with Gasteiger partial charge in [0.15, 0.2) is 0 Å². The van der Waals surface area contributed by atoms with Crippen molar-refractivity contribution in [3.63, 3.8) is 0 Å². The molecule has 0 heterocycles. The molecule has 0 aliphatic rings. The monoisotopic (exact) mass is 184 g/mol. The van der Waals surface area contributed by atoms with E-state index in [0.717, 1.165) is 0 Å². The molecule has 0 aliphatic carbocycles. The quantitative estimate of drug-likeness (QED) is 0.524. The Hall–Kier alpha value is -1.09. The molecule has 1 aromatic carbocycles. The molecule has 0 spiro atoms. The smallest absolute Gasteiger partial charge is 0.116 e. The van der Waals surface area contributed by atoms with E-state index in [1.165, 1.54) is 0 Å². The molecule has 0 atom stereocenters. The first kappa shape index (κ1) is 9.00. The van der Waals surface area contributed by atoms with Crippen LogP contribution in [0.4, 0.5) is 5.69 Å². The SMILES string of the molecule is CCON=Nc1ccccc1Cl. The molecule has 3 nitrogen and oxygen atoms in total. The molecule has 0 aliphatic heterocycles. The summed E-state index contributed by atoms with van der Waals surface area (Å²) >= 11 is 5.79. The third kappa shape index (κ3) is 2.51. The largest absolute Gasteiger partial charge is 0.380 e. The van der Waals surface area contributed by atoms with Crippen molar-refractivity contribution in [1.82, 2.24) is 0 Å². The first-order valence-corrected chi connectivity index (χ1v) is 4.00. The van der Waals surface area contributed by atoms with Crippen LogP contribution in [0.15, 0.2) is 34.7 Å². The van der Waals surface area contributed by atoms with Crippen LogP contribution in [0.1, 0.15) is 6.92 Å². The highest BCUT2D eigenvalue weighted by Gasteiger charge is 1.94. The number of hydrogen-bond donors (Lipinski definition) is 0. The van der Waals surface area contributed by atoms with Crippen molar-refractivity contribution in [2.75, 3.05) is 6.61 Å². The lowest BCUT2D eigenvalue weighted by atomic mass is 10.3. The molecule has 12 heavy (non-hydrogen) atoms. The van der Waals surface area contributed by atoms with E-state index in [-0.39, 0.29) is 0 Å². The van der Waals surface area contributed by atoms with Gasteiger partial charge in [-0.25, -0.2) is 0 Å². The number of benzene rings is 1. The maximum atomic E-state index is 5.79. The van der Waals surface area contributed by atoms with Gasteiger partial charge in [0.1, 0.15) is 12.3 Å². The molecule has 0 amide bonds. The van der Waals surface area contributed by atoms with E-state index in [9.17, 15) is 0 Å². The number of rotatable bonds is 3. The highest BCUT2D eigenvalue weighted by Crippen LogP contribution is 2.23. The fourth-order valence-electron chi connectivity index (χ4n) is 0.663. The minimum absolute atomic E-state index is 0.508. The lowest BCUT2D eigenvalue weighted by Gasteiger charge is -1.93. The molecule has 0 unspecified atom stereocenters. The zero-order valence-corrected chi connectivity index (χ0v) is 7.45. The molecule has 0 saturated heterocycles. The zero-order valence-electron chi connectivity index (χ0n) is 6.70. The Morgan fingerprint density at radius 3 is 2.83 bits per heavy atom. The van der Waals surface area contributed by atoms with Gasteiger partial charge in [-0.3, -0.25) is 0 Å². The van der Waals surface area contributed by atoms with E-state index in [1.807, 2.05) is 19.1 Å². The van der Waals surface area contributed by atoms with Gasteiger partial charge in [-0.1, -0.05) is 23.7 Å². The maximum Gasteiger partial charge on any atom is 0.116 e.